The highest BCUT2D eigenvalue weighted by atomic mass is 16.6. The molecular formula is C29H23N9O6. The summed E-state index contributed by atoms with van der Waals surface area (Å²) < 4.78 is 10.9. The molecule has 0 fully saturated rings. The van der Waals surface area contributed by atoms with Crippen molar-refractivity contribution in [3.05, 3.63) is 123 Å². The minimum absolute atomic E-state index is 0.139. The molecule has 1 heterocycles. The lowest BCUT2D eigenvalue weighted by Gasteiger charge is -2.10. The zero-order chi connectivity index (χ0) is 30.9. The maximum atomic E-state index is 11.5. The van der Waals surface area contributed by atoms with E-state index in [-0.39, 0.29) is 29.3 Å². The Morgan fingerprint density at radius 1 is 0.727 bits per heavy atom. The normalized spacial score (nSPS) is 10.7. The summed E-state index contributed by atoms with van der Waals surface area (Å²) in [5, 5.41) is 32.9. The van der Waals surface area contributed by atoms with Crippen LogP contribution in [0.5, 0.6) is 17.2 Å². The molecule has 5 rings (SSSR count). The van der Waals surface area contributed by atoms with Gasteiger partial charge < -0.3 is 20.1 Å². The van der Waals surface area contributed by atoms with Crippen LogP contribution >= 0.6 is 0 Å². The quantitative estimate of drug-likeness (QED) is 0.0817. The number of nitrogens with one attached hydrogen (secondary N) is 3. The number of non-ortho nitro benzene ring substituents is 1. The molecular weight excluding hydrogens is 570 g/mol. The van der Waals surface area contributed by atoms with Crippen LogP contribution in [0.15, 0.2) is 102 Å². The van der Waals surface area contributed by atoms with Crippen LogP contribution in [0.2, 0.25) is 0 Å². The van der Waals surface area contributed by atoms with Gasteiger partial charge in [-0.2, -0.15) is 20.1 Å². The van der Waals surface area contributed by atoms with Crippen molar-refractivity contribution in [3.8, 4) is 17.2 Å². The van der Waals surface area contributed by atoms with Gasteiger partial charge in [0.25, 0.3) is 5.69 Å². The molecule has 0 spiro atoms. The van der Waals surface area contributed by atoms with Crippen LogP contribution in [-0.2, 0) is 0 Å². The largest absolute Gasteiger partial charge is 0.497 e. The number of para-hydroxylation sites is 1. The lowest BCUT2D eigenvalue weighted by molar-refractivity contribution is -0.394. The minimum Gasteiger partial charge on any atom is -0.497 e. The van der Waals surface area contributed by atoms with Gasteiger partial charge in [-0.1, -0.05) is 30.3 Å². The Morgan fingerprint density at radius 3 is 2.07 bits per heavy atom. The molecule has 220 valence electrons. The third kappa shape index (κ3) is 7.55. The summed E-state index contributed by atoms with van der Waals surface area (Å²) in [5.74, 6) is 1.47. The molecule has 0 aliphatic carbocycles. The van der Waals surface area contributed by atoms with Crippen molar-refractivity contribution >= 4 is 46.8 Å². The van der Waals surface area contributed by atoms with Crippen LogP contribution in [0.25, 0.3) is 0 Å². The molecule has 3 N–H and O–H groups in total. The molecule has 0 aliphatic rings. The fourth-order valence-corrected chi connectivity index (χ4v) is 3.79. The van der Waals surface area contributed by atoms with E-state index in [9.17, 15) is 20.2 Å². The Balaban J connectivity index is 1.34. The third-order valence-electron chi connectivity index (χ3n) is 5.83. The van der Waals surface area contributed by atoms with Crippen molar-refractivity contribution < 1.29 is 19.3 Å². The standard InChI is InChI=1S/C29H23N9O6/c1-43-23-13-10-21(11-14-23)32-28-33-27(31-20-7-3-2-4-8-20)34-29(35-28)36-30-18-19-6-5-9-24(16-19)44-26-15-12-22(37(39)40)17-25(26)38(41)42/h2-18H,1H3,(H3,31,32,33,34,35,36). The summed E-state index contributed by atoms with van der Waals surface area (Å²) in [5.41, 5.74) is 3.91. The van der Waals surface area contributed by atoms with Gasteiger partial charge in [0, 0.05) is 17.4 Å². The van der Waals surface area contributed by atoms with E-state index in [0.717, 1.165) is 23.5 Å². The maximum absolute atomic E-state index is 11.5. The number of nitrogens with zero attached hydrogens (tertiary/aromatic N) is 6. The monoisotopic (exact) mass is 593 g/mol. The Morgan fingerprint density at radius 2 is 1.41 bits per heavy atom. The average Bonchev–Trinajstić information content (AvgIpc) is 3.02. The zero-order valence-corrected chi connectivity index (χ0v) is 22.9. The molecule has 15 nitrogen and oxygen atoms in total. The van der Waals surface area contributed by atoms with Crippen LogP contribution in [0.3, 0.4) is 0 Å². The predicted molar refractivity (Wildman–Crippen MR) is 163 cm³/mol. The van der Waals surface area contributed by atoms with Gasteiger partial charge in [0.15, 0.2) is 0 Å². The summed E-state index contributed by atoms with van der Waals surface area (Å²) in [4.78, 5) is 34.2. The van der Waals surface area contributed by atoms with Gasteiger partial charge in [-0.3, -0.25) is 20.2 Å². The van der Waals surface area contributed by atoms with Gasteiger partial charge in [0.05, 0.1) is 29.2 Å². The van der Waals surface area contributed by atoms with Gasteiger partial charge in [-0.05, 0) is 60.2 Å². The molecule has 0 radical (unpaired) electrons. The Bertz CT molecular complexity index is 1820. The number of nitro groups is 2. The molecule has 0 unspecified atom stereocenters. The van der Waals surface area contributed by atoms with Crippen LogP contribution in [0.4, 0.5) is 40.6 Å². The topological polar surface area (TPSA) is 192 Å². The second-order valence-electron chi connectivity index (χ2n) is 8.86. The zero-order valence-electron chi connectivity index (χ0n) is 22.9. The Hall–Kier alpha value is -6.64. The highest BCUT2D eigenvalue weighted by Crippen LogP contribution is 2.34. The van der Waals surface area contributed by atoms with Gasteiger partial charge in [-0.25, -0.2) is 5.43 Å². The highest BCUT2D eigenvalue weighted by molar-refractivity contribution is 5.80. The predicted octanol–water partition coefficient (Wildman–Crippen LogP) is 6.42. The van der Waals surface area contributed by atoms with E-state index in [1.807, 2.05) is 42.5 Å². The first-order chi connectivity index (χ1) is 21.4. The molecule has 15 heteroatoms. The lowest BCUT2D eigenvalue weighted by Crippen LogP contribution is -2.07. The van der Waals surface area contributed by atoms with Crippen molar-refractivity contribution in [2.45, 2.75) is 0 Å². The molecule has 1 aromatic heterocycles. The minimum atomic E-state index is -0.745. The third-order valence-corrected chi connectivity index (χ3v) is 5.83. The number of nitro benzene ring substituents is 2. The Labute approximate surface area is 249 Å². The van der Waals surface area contributed by atoms with Crippen molar-refractivity contribution in [2.75, 3.05) is 23.2 Å². The summed E-state index contributed by atoms with van der Waals surface area (Å²) in [6.45, 7) is 0. The maximum Gasteiger partial charge on any atom is 0.318 e. The summed E-state index contributed by atoms with van der Waals surface area (Å²) >= 11 is 0. The van der Waals surface area contributed by atoms with E-state index in [1.165, 1.54) is 12.3 Å². The van der Waals surface area contributed by atoms with E-state index in [2.05, 4.69) is 36.1 Å². The number of hydrogen-bond acceptors (Lipinski definition) is 13. The number of ether oxygens (including phenoxy) is 2. The van der Waals surface area contributed by atoms with Crippen LogP contribution in [-0.4, -0.2) is 38.1 Å². The van der Waals surface area contributed by atoms with Gasteiger partial charge in [0.2, 0.25) is 23.6 Å². The molecule has 0 saturated heterocycles. The van der Waals surface area contributed by atoms with Crippen molar-refractivity contribution in [1.29, 1.82) is 0 Å². The van der Waals surface area contributed by atoms with E-state index in [0.29, 0.717) is 11.3 Å². The average molecular weight is 594 g/mol. The van der Waals surface area contributed by atoms with E-state index in [1.54, 1.807) is 43.5 Å². The van der Waals surface area contributed by atoms with E-state index in [4.69, 9.17) is 9.47 Å². The number of methoxy groups -OCH3 is 1. The first-order valence-corrected chi connectivity index (χ1v) is 12.9. The van der Waals surface area contributed by atoms with Gasteiger partial charge in [0.1, 0.15) is 11.5 Å². The van der Waals surface area contributed by atoms with Crippen LogP contribution in [0.1, 0.15) is 5.56 Å². The number of benzene rings is 4. The number of hydrogen-bond donors (Lipinski definition) is 3. The van der Waals surface area contributed by atoms with Crippen LogP contribution in [0, 0.1) is 20.2 Å². The molecule has 0 amide bonds. The summed E-state index contributed by atoms with van der Waals surface area (Å²) in [6.07, 6.45) is 1.47. The van der Waals surface area contributed by atoms with Gasteiger partial charge in [-0.15, -0.1) is 0 Å². The molecule has 5 aromatic rings. The van der Waals surface area contributed by atoms with Crippen molar-refractivity contribution in [2.24, 2.45) is 5.10 Å². The summed E-state index contributed by atoms with van der Waals surface area (Å²) in [6, 6.07) is 26.3. The molecule has 4 aromatic carbocycles. The second kappa shape index (κ2) is 13.3. The van der Waals surface area contributed by atoms with Gasteiger partial charge >= 0.3 is 5.69 Å². The fourth-order valence-electron chi connectivity index (χ4n) is 3.79. The van der Waals surface area contributed by atoms with Crippen molar-refractivity contribution in [1.82, 2.24) is 15.0 Å². The van der Waals surface area contributed by atoms with Crippen LogP contribution < -0.4 is 25.5 Å². The number of rotatable bonds is 12. The second-order valence-corrected chi connectivity index (χ2v) is 8.86. The summed E-state index contributed by atoms with van der Waals surface area (Å²) in [7, 11) is 1.59. The first-order valence-electron chi connectivity index (χ1n) is 12.9. The molecule has 0 aliphatic heterocycles. The SMILES string of the molecule is COc1ccc(Nc2nc(NN=Cc3cccc(Oc4ccc([N+](=O)[O-])cc4[N+](=O)[O-])c3)nc(Nc3ccccc3)n2)cc1. The number of hydrazone groups is 1. The van der Waals surface area contributed by atoms with E-state index >= 15 is 0 Å². The highest BCUT2D eigenvalue weighted by Gasteiger charge is 2.21. The molecule has 44 heavy (non-hydrogen) atoms. The van der Waals surface area contributed by atoms with E-state index < -0.39 is 21.2 Å². The number of aromatic nitrogens is 3. The first kappa shape index (κ1) is 28.9. The number of anilines is 5. The molecule has 0 atom stereocenters. The molecule has 0 bridgehead atoms. The lowest BCUT2D eigenvalue weighted by atomic mass is 10.2. The molecule has 0 saturated carbocycles. The Kier molecular flexibility index (Phi) is 8.76. The van der Waals surface area contributed by atoms with Crippen molar-refractivity contribution in [3.63, 3.8) is 0 Å². The fraction of sp³-hybridized carbons (Fsp3) is 0.0345. The smallest absolute Gasteiger partial charge is 0.318 e.